The normalized spacial score (nSPS) is 19.9. The first kappa shape index (κ1) is 21.3. The molecule has 5 nitrogen and oxygen atoms in total. The molecule has 1 aromatic carbocycles. The molecule has 0 atom stereocenters. The second-order valence-electron chi connectivity index (χ2n) is 9.63. The zero-order valence-corrected chi connectivity index (χ0v) is 19.2. The lowest BCUT2D eigenvalue weighted by Gasteiger charge is -2.39. The molecule has 2 aliphatic heterocycles. The monoisotopic (exact) mass is 429 g/mol. The van der Waals surface area contributed by atoms with Gasteiger partial charge in [-0.3, -0.25) is 4.90 Å². The molecule has 5 rings (SSSR count). The first-order valence-corrected chi connectivity index (χ1v) is 12.6. The standard InChI is InChI=1S/C27H35N5/c28-18-25-23-14-17-32(22-12-6-2-7-13-22)20-24(23)26(29-19-21-10-4-1-5-11-21)27(30-25)31-15-8-3-9-16-31/h1,4-5,10-11,22,29H,2-3,6-9,12-17,19-20H2. The number of fused-ring (bicyclic) bond motifs is 1. The summed E-state index contributed by atoms with van der Waals surface area (Å²) in [7, 11) is 0. The van der Waals surface area contributed by atoms with Gasteiger partial charge in [-0.15, -0.1) is 0 Å². The van der Waals surface area contributed by atoms with Gasteiger partial charge >= 0.3 is 0 Å². The van der Waals surface area contributed by atoms with Crippen molar-refractivity contribution in [3.63, 3.8) is 0 Å². The van der Waals surface area contributed by atoms with Crippen molar-refractivity contribution in [1.29, 1.82) is 5.26 Å². The number of aromatic nitrogens is 1. The molecule has 1 aliphatic carbocycles. The smallest absolute Gasteiger partial charge is 0.153 e. The van der Waals surface area contributed by atoms with E-state index in [1.165, 1.54) is 73.7 Å². The highest BCUT2D eigenvalue weighted by Crippen LogP contribution is 2.38. The van der Waals surface area contributed by atoms with Crippen LogP contribution in [0, 0.1) is 11.3 Å². The second kappa shape index (κ2) is 9.92. The van der Waals surface area contributed by atoms with Crippen LogP contribution in [0.2, 0.25) is 0 Å². The van der Waals surface area contributed by atoms with E-state index in [2.05, 4.69) is 51.5 Å². The van der Waals surface area contributed by atoms with Crippen molar-refractivity contribution in [3.05, 3.63) is 52.7 Å². The third-order valence-corrected chi connectivity index (χ3v) is 7.57. The number of benzene rings is 1. The van der Waals surface area contributed by atoms with Crippen LogP contribution in [-0.4, -0.2) is 35.6 Å². The number of nitrogens with one attached hydrogen (secondary N) is 1. The van der Waals surface area contributed by atoms with Crippen molar-refractivity contribution in [1.82, 2.24) is 9.88 Å². The van der Waals surface area contributed by atoms with Gasteiger partial charge in [0.15, 0.2) is 5.82 Å². The van der Waals surface area contributed by atoms with Crippen molar-refractivity contribution in [3.8, 4) is 6.07 Å². The maximum atomic E-state index is 9.96. The number of hydrogen-bond acceptors (Lipinski definition) is 5. The Morgan fingerprint density at radius 3 is 2.44 bits per heavy atom. The number of rotatable bonds is 5. The lowest BCUT2D eigenvalue weighted by Crippen LogP contribution is -2.41. The summed E-state index contributed by atoms with van der Waals surface area (Å²) in [4.78, 5) is 10.1. The first-order valence-electron chi connectivity index (χ1n) is 12.6. The maximum Gasteiger partial charge on any atom is 0.153 e. The summed E-state index contributed by atoms with van der Waals surface area (Å²) in [6, 6.07) is 13.7. The minimum atomic E-state index is 0.647. The summed E-state index contributed by atoms with van der Waals surface area (Å²) in [5.41, 5.74) is 5.59. The van der Waals surface area contributed by atoms with Crippen LogP contribution in [0.15, 0.2) is 30.3 Å². The third kappa shape index (κ3) is 4.47. The fraction of sp³-hybridized carbons (Fsp3) is 0.556. The molecule has 1 saturated heterocycles. The molecule has 1 aromatic heterocycles. The molecular formula is C27H35N5. The molecule has 0 bridgehead atoms. The third-order valence-electron chi connectivity index (χ3n) is 7.57. The number of pyridine rings is 1. The zero-order valence-electron chi connectivity index (χ0n) is 19.2. The summed E-state index contributed by atoms with van der Waals surface area (Å²) < 4.78 is 0. The molecule has 3 aliphatic rings. The SMILES string of the molecule is N#Cc1nc(N2CCCCC2)c(NCc2ccccc2)c2c1CCN(C1CCCCC1)C2. The number of piperidine rings is 1. The molecule has 5 heteroatoms. The Labute approximate surface area is 192 Å². The van der Waals surface area contributed by atoms with Gasteiger partial charge in [-0.1, -0.05) is 49.6 Å². The Bertz CT molecular complexity index is 952. The molecule has 0 amide bonds. The van der Waals surface area contributed by atoms with Crippen LogP contribution in [0.1, 0.15) is 73.8 Å². The van der Waals surface area contributed by atoms with Crippen molar-refractivity contribution >= 4 is 11.5 Å². The van der Waals surface area contributed by atoms with Gasteiger partial charge in [0.2, 0.25) is 0 Å². The Kier molecular flexibility index (Phi) is 6.59. The topological polar surface area (TPSA) is 55.2 Å². The van der Waals surface area contributed by atoms with E-state index in [1.807, 2.05) is 0 Å². The first-order chi connectivity index (χ1) is 15.8. The lowest BCUT2D eigenvalue weighted by molar-refractivity contribution is 0.141. The van der Waals surface area contributed by atoms with Crippen molar-refractivity contribution < 1.29 is 0 Å². The summed E-state index contributed by atoms with van der Waals surface area (Å²) in [6.45, 7) is 4.83. The predicted molar refractivity (Wildman–Crippen MR) is 130 cm³/mol. The molecule has 1 N–H and O–H groups in total. The Morgan fingerprint density at radius 1 is 0.938 bits per heavy atom. The van der Waals surface area contributed by atoms with Crippen LogP contribution < -0.4 is 10.2 Å². The minimum absolute atomic E-state index is 0.647. The van der Waals surface area contributed by atoms with E-state index in [-0.39, 0.29) is 0 Å². The van der Waals surface area contributed by atoms with Crippen LogP contribution in [0.25, 0.3) is 0 Å². The van der Waals surface area contributed by atoms with E-state index in [0.717, 1.165) is 45.0 Å². The van der Waals surface area contributed by atoms with Crippen LogP contribution in [0.4, 0.5) is 11.5 Å². The largest absolute Gasteiger partial charge is 0.378 e. The second-order valence-corrected chi connectivity index (χ2v) is 9.63. The van der Waals surface area contributed by atoms with E-state index in [4.69, 9.17) is 4.98 Å². The van der Waals surface area contributed by atoms with E-state index < -0.39 is 0 Å². The van der Waals surface area contributed by atoms with Gasteiger partial charge in [0.05, 0.1) is 5.69 Å². The number of hydrogen-bond donors (Lipinski definition) is 1. The van der Waals surface area contributed by atoms with Crippen LogP contribution in [0.3, 0.4) is 0 Å². The highest BCUT2D eigenvalue weighted by atomic mass is 15.2. The Morgan fingerprint density at radius 2 is 1.69 bits per heavy atom. The van der Waals surface area contributed by atoms with Gasteiger partial charge in [-0.25, -0.2) is 4.98 Å². The molecular weight excluding hydrogens is 394 g/mol. The predicted octanol–water partition coefficient (Wildman–Crippen LogP) is 5.25. The number of nitrogens with zero attached hydrogens (tertiary/aromatic N) is 4. The number of anilines is 2. The molecule has 168 valence electrons. The fourth-order valence-corrected chi connectivity index (χ4v) is 5.80. The van der Waals surface area contributed by atoms with Gasteiger partial charge in [0.25, 0.3) is 0 Å². The lowest BCUT2D eigenvalue weighted by atomic mass is 9.90. The van der Waals surface area contributed by atoms with Gasteiger partial charge in [0, 0.05) is 38.8 Å². The quantitative estimate of drug-likeness (QED) is 0.704. The fourth-order valence-electron chi connectivity index (χ4n) is 5.80. The van der Waals surface area contributed by atoms with Crippen molar-refractivity contribution in [2.45, 2.75) is 76.9 Å². The summed E-state index contributed by atoms with van der Waals surface area (Å²) >= 11 is 0. The van der Waals surface area contributed by atoms with Crippen molar-refractivity contribution in [2.75, 3.05) is 29.9 Å². The molecule has 0 unspecified atom stereocenters. The Hall–Kier alpha value is -2.58. The molecule has 2 aromatic rings. The average Bonchev–Trinajstić information content (AvgIpc) is 2.88. The molecule has 32 heavy (non-hydrogen) atoms. The summed E-state index contributed by atoms with van der Waals surface area (Å²) in [6.07, 6.45) is 11.3. The molecule has 3 heterocycles. The zero-order chi connectivity index (χ0) is 21.8. The van der Waals surface area contributed by atoms with E-state index in [0.29, 0.717) is 11.7 Å². The van der Waals surface area contributed by atoms with E-state index in [9.17, 15) is 5.26 Å². The molecule has 2 fully saturated rings. The minimum Gasteiger partial charge on any atom is -0.378 e. The highest BCUT2D eigenvalue weighted by Gasteiger charge is 2.31. The van der Waals surface area contributed by atoms with Crippen LogP contribution >= 0.6 is 0 Å². The van der Waals surface area contributed by atoms with E-state index in [1.54, 1.807) is 0 Å². The van der Waals surface area contributed by atoms with Crippen LogP contribution in [-0.2, 0) is 19.5 Å². The molecule has 0 spiro atoms. The highest BCUT2D eigenvalue weighted by molar-refractivity contribution is 5.74. The number of nitriles is 1. The van der Waals surface area contributed by atoms with Gasteiger partial charge in [0.1, 0.15) is 11.8 Å². The van der Waals surface area contributed by atoms with Gasteiger partial charge in [-0.2, -0.15) is 5.26 Å². The molecule has 1 saturated carbocycles. The van der Waals surface area contributed by atoms with Crippen LogP contribution in [0.5, 0.6) is 0 Å². The van der Waals surface area contributed by atoms with Gasteiger partial charge < -0.3 is 10.2 Å². The van der Waals surface area contributed by atoms with Crippen molar-refractivity contribution in [2.24, 2.45) is 0 Å². The maximum absolute atomic E-state index is 9.96. The van der Waals surface area contributed by atoms with Gasteiger partial charge in [-0.05, 0) is 55.2 Å². The Balaban J connectivity index is 1.52. The van der Waals surface area contributed by atoms with E-state index >= 15 is 0 Å². The average molecular weight is 430 g/mol. The summed E-state index contributed by atoms with van der Waals surface area (Å²) in [5, 5.41) is 13.8. The summed E-state index contributed by atoms with van der Waals surface area (Å²) in [5.74, 6) is 1.00. The molecule has 0 radical (unpaired) electrons.